The van der Waals surface area contributed by atoms with Crippen molar-refractivity contribution < 1.29 is 28.6 Å². The molecule has 0 heterocycles. The van der Waals surface area contributed by atoms with Crippen LogP contribution in [-0.4, -0.2) is 37.2 Å². The quantitative estimate of drug-likeness (QED) is 0.0262. The molecular weight excluding hydrogens is 817 g/mol. The molecule has 66 heavy (non-hydrogen) atoms. The van der Waals surface area contributed by atoms with Crippen LogP contribution in [0.15, 0.2) is 85.1 Å². The van der Waals surface area contributed by atoms with Gasteiger partial charge in [0.2, 0.25) is 0 Å². The van der Waals surface area contributed by atoms with E-state index in [9.17, 15) is 14.4 Å². The van der Waals surface area contributed by atoms with Gasteiger partial charge in [0.25, 0.3) is 0 Å². The summed E-state index contributed by atoms with van der Waals surface area (Å²) in [6.45, 7) is 6.43. The van der Waals surface area contributed by atoms with E-state index in [-0.39, 0.29) is 31.1 Å². The van der Waals surface area contributed by atoms with Gasteiger partial charge >= 0.3 is 17.9 Å². The van der Waals surface area contributed by atoms with Gasteiger partial charge in [0, 0.05) is 19.3 Å². The molecule has 0 saturated heterocycles. The Morgan fingerprint density at radius 1 is 0.318 bits per heavy atom. The van der Waals surface area contributed by atoms with E-state index in [2.05, 4.69) is 106 Å². The van der Waals surface area contributed by atoms with Crippen molar-refractivity contribution in [3.63, 3.8) is 0 Å². The summed E-state index contributed by atoms with van der Waals surface area (Å²) in [5.41, 5.74) is 0. The number of esters is 3. The predicted molar refractivity (Wildman–Crippen MR) is 284 cm³/mol. The summed E-state index contributed by atoms with van der Waals surface area (Å²) in [6.07, 6.45) is 70.2. The molecule has 0 aromatic carbocycles. The van der Waals surface area contributed by atoms with Gasteiger partial charge < -0.3 is 14.2 Å². The molecule has 0 aliphatic rings. The van der Waals surface area contributed by atoms with Gasteiger partial charge in [0.15, 0.2) is 6.10 Å². The SMILES string of the molecule is CC/C=C\C/C=C\C/C=C\C/C=C\C/C=C\CCCCCCCCCCCC(=O)OCC(COC(=O)CCCCCCCC)OC(=O)CCCCCCCCC/C=C\C/C=C\CCCCC. The number of unbranched alkanes of at least 4 members (excludes halogenated alkanes) is 24. The molecule has 6 heteroatoms. The first-order valence-electron chi connectivity index (χ1n) is 27.6. The molecule has 0 amide bonds. The van der Waals surface area contributed by atoms with Gasteiger partial charge in [0.1, 0.15) is 13.2 Å². The standard InChI is InChI=1S/C60H102O6/c1-4-7-10-13-16-18-20-22-24-26-27-28-29-30-31-32-33-35-36-38-40-42-44-47-50-53-59(62)65-56-57(55-64-58(61)52-49-46-15-12-9-6-3)66-60(63)54-51-48-45-43-41-39-37-34-25-23-21-19-17-14-11-8-5-2/h7,10,16-19,22-25,27-28,30-31,57H,4-6,8-9,11-15,20-21,26,29,32-56H2,1-3H3/b10-7-,18-16-,19-17-,24-22-,25-23-,28-27-,31-30-. The van der Waals surface area contributed by atoms with E-state index in [1.807, 2.05) is 0 Å². The van der Waals surface area contributed by atoms with Gasteiger partial charge in [0.05, 0.1) is 0 Å². The summed E-state index contributed by atoms with van der Waals surface area (Å²) >= 11 is 0. The molecule has 0 spiro atoms. The summed E-state index contributed by atoms with van der Waals surface area (Å²) < 4.78 is 16.7. The summed E-state index contributed by atoms with van der Waals surface area (Å²) in [5.74, 6) is -0.903. The van der Waals surface area contributed by atoms with Crippen LogP contribution in [0.2, 0.25) is 0 Å². The lowest BCUT2D eigenvalue weighted by Crippen LogP contribution is -2.30. The first-order chi connectivity index (χ1) is 32.5. The third kappa shape index (κ3) is 51.6. The highest BCUT2D eigenvalue weighted by atomic mass is 16.6. The molecule has 0 aromatic rings. The van der Waals surface area contributed by atoms with Gasteiger partial charge in [-0.05, 0) is 96.3 Å². The third-order valence-corrected chi connectivity index (χ3v) is 11.6. The largest absolute Gasteiger partial charge is 0.462 e. The maximum atomic E-state index is 12.8. The molecule has 0 aromatic heterocycles. The van der Waals surface area contributed by atoms with Gasteiger partial charge in [-0.1, -0.05) is 228 Å². The summed E-state index contributed by atoms with van der Waals surface area (Å²) in [7, 11) is 0. The minimum absolute atomic E-state index is 0.0813. The fraction of sp³-hybridized carbons (Fsp3) is 0.717. The topological polar surface area (TPSA) is 78.9 Å². The fourth-order valence-corrected chi connectivity index (χ4v) is 7.50. The molecule has 1 atom stereocenters. The maximum absolute atomic E-state index is 12.8. The molecule has 0 saturated carbocycles. The lowest BCUT2D eigenvalue weighted by Gasteiger charge is -2.18. The molecule has 0 aliphatic carbocycles. The van der Waals surface area contributed by atoms with Gasteiger partial charge in [-0.15, -0.1) is 0 Å². The van der Waals surface area contributed by atoms with Crippen molar-refractivity contribution in [3.05, 3.63) is 85.1 Å². The number of carbonyl (C=O) groups excluding carboxylic acids is 3. The lowest BCUT2D eigenvalue weighted by molar-refractivity contribution is -0.167. The molecule has 0 fully saturated rings. The molecule has 378 valence electrons. The molecule has 0 N–H and O–H groups in total. The Balaban J connectivity index is 4.18. The van der Waals surface area contributed by atoms with Crippen LogP contribution in [0.25, 0.3) is 0 Å². The second-order valence-corrected chi connectivity index (χ2v) is 18.1. The molecular formula is C60H102O6. The maximum Gasteiger partial charge on any atom is 0.306 e. The number of ether oxygens (including phenoxy) is 3. The minimum atomic E-state index is -0.780. The Bertz CT molecular complexity index is 1290. The first kappa shape index (κ1) is 62.6. The summed E-state index contributed by atoms with van der Waals surface area (Å²) in [4.78, 5) is 37.8. The first-order valence-corrected chi connectivity index (χ1v) is 27.6. The minimum Gasteiger partial charge on any atom is -0.462 e. The molecule has 0 bridgehead atoms. The van der Waals surface area contributed by atoms with Crippen LogP contribution in [0.1, 0.15) is 258 Å². The van der Waals surface area contributed by atoms with E-state index in [4.69, 9.17) is 14.2 Å². The normalized spacial score (nSPS) is 12.7. The highest BCUT2D eigenvalue weighted by Gasteiger charge is 2.19. The van der Waals surface area contributed by atoms with Crippen molar-refractivity contribution in [2.45, 2.75) is 264 Å². The zero-order valence-corrected chi connectivity index (χ0v) is 43.2. The highest BCUT2D eigenvalue weighted by molar-refractivity contribution is 5.71. The molecule has 6 nitrogen and oxygen atoms in total. The summed E-state index contributed by atoms with van der Waals surface area (Å²) in [6, 6.07) is 0. The van der Waals surface area contributed by atoms with Gasteiger partial charge in [-0.25, -0.2) is 0 Å². The number of hydrogen-bond donors (Lipinski definition) is 0. The van der Waals surface area contributed by atoms with Crippen LogP contribution in [0.4, 0.5) is 0 Å². The van der Waals surface area contributed by atoms with Gasteiger partial charge in [-0.3, -0.25) is 14.4 Å². The van der Waals surface area contributed by atoms with Crippen LogP contribution in [-0.2, 0) is 28.6 Å². The van der Waals surface area contributed by atoms with Crippen molar-refractivity contribution in [1.29, 1.82) is 0 Å². The van der Waals surface area contributed by atoms with Gasteiger partial charge in [-0.2, -0.15) is 0 Å². The van der Waals surface area contributed by atoms with Crippen molar-refractivity contribution in [3.8, 4) is 0 Å². The van der Waals surface area contributed by atoms with E-state index in [0.29, 0.717) is 19.3 Å². The monoisotopic (exact) mass is 919 g/mol. The Morgan fingerprint density at radius 2 is 0.591 bits per heavy atom. The van der Waals surface area contributed by atoms with Crippen LogP contribution in [0.5, 0.6) is 0 Å². The molecule has 1 unspecified atom stereocenters. The smallest absolute Gasteiger partial charge is 0.306 e. The molecule has 0 rings (SSSR count). The zero-order chi connectivity index (χ0) is 47.9. The van der Waals surface area contributed by atoms with Crippen LogP contribution in [0.3, 0.4) is 0 Å². The van der Waals surface area contributed by atoms with Crippen LogP contribution >= 0.6 is 0 Å². The summed E-state index contributed by atoms with van der Waals surface area (Å²) in [5, 5.41) is 0. The Kier molecular flexibility index (Phi) is 51.4. The van der Waals surface area contributed by atoms with E-state index >= 15 is 0 Å². The average Bonchev–Trinajstić information content (AvgIpc) is 3.31. The lowest BCUT2D eigenvalue weighted by atomic mass is 10.1. The van der Waals surface area contributed by atoms with Crippen molar-refractivity contribution in [2.75, 3.05) is 13.2 Å². The second kappa shape index (κ2) is 54.2. The number of rotatable bonds is 49. The Hall–Kier alpha value is -3.41. The van der Waals surface area contributed by atoms with E-state index < -0.39 is 6.10 Å². The third-order valence-electron chi connectivity index (χ3n) is 11.6. The van der Waals surface area contributed by atoms with E-state index in [1.165, 1.54) is 109 Å². The van der Waals surface area contributed by atoms with E-state index in [1.54, 1.807) is 0 Å². The second-order valence-electron chi connectivity index (χ2n) is 18.1. The number of carbonyl (C=O) groups is 3. The van der Waals surface area contributed by atoms with Crippen LogP contribution in [0, 0.1) is 0 Å². The van der Waals surface area contributed by atoms with E-state index in [0.717, 1.165) is 109 Å². The molecule has 0 aliphatic heterocycles. The zero-order valence-electron chi connectivity index (χ0n) is 43.2. The molecule has 0 radical (unpaired) electrons. The average molecular weight is 919 g/mol. The predicted octanol–water partition coefficient (Wildman–Crippen LogP) is 18.4. The highest BCUT2D eigenvalue weighted by Crippen LogP contribution is 2.15. The van der Waals surface area contributed by atoms with Crippen molar-refractivity contribution in [2.24, 2.45) is 0 Å². The van der Waals surface area contributed by atoms with Crippen LogP contribution < -0.4 is 0 Å². The Morgan fingerprint density at radius 3 is 0.955 bits per heavy atom. The van der Waals surface area contributed by atoms with Crippen molar-refractivity contribution in [1.82, 2.24) is 0 Å². The number of hydrogen-bond acceptors (Lipinski definition) is 6. The van der Waals surface area contributed by atoms with Crippen molar-refractivity contribution >= 4 is 17.9 Å². The fourth-order valence-electron chi connectivity index (χ4n) is 7.50. The number of allylic oxidation sites excluding steroid dienone is 14. The Labute approximate surface area is 407 Å².